The van der Waals surface area contributed by atoms with Gasteiger partial charge < -0.3 is 0 Å². The molecule has 0 fully saturated rings. The molecule has 2 rings (SSSR count). The number of benzene rings is 1. The highest BCUT2D eigenvalue weighted by atomic mass is 79.9. The third kappa shape index (κ3) is 2.01. The van der Waals surface area contributed by atoms with Gasteiger partial charge in [0.25, 0.3) is 0 Å². The summed E-state index contributed by atoms with van der Waals surface area (Å²) in [5.74, 6) is -0.186. The number of alkyl halides is 1. The van der Waals surface area contributed by atoms with Gasteiger partial charge in [0.1, 0.15) is 10.9 Å². The average molecular weight is 274 g/mol. The summed E-state index contributed by atoms with van der Waals surface area (Å²) in [5, 5.41) is 2.18. The van der Waals surface area contributed by atoms with Crippen LogP contribution in [-0.2, 0) is 0 Å². The number of hydrogen-bond acceptors (Lipinski definition) is 2. The Morgan fingerprint density at radius 2 is 2.29 bits per heavy atom. The smallest absolute Gasteiger partial charge is 0.133 e. The van der Waals surface area contributed by atoms with Crippen LogP contribution in [0.3, 0.4) is 0 Å². The molecule has 0 aromatic heterocycles. The summed E-state index contributed by atoms with van der Waals surface area (Å²) in [6.45, 7) is 0.777. The molecule has 1 aliphatic heterocycles. The highest BCUT2D eigenvalue weighted by Crippen LogP contribution is 2.27. The fourth-order valence-electron chi connectivity index (χ4n) is 1.28. The van der Waals surface area contributed by atoms with E-state index in [1.165, 1.54) is 6.07 Å². The topological polar surface area (TPSA) is 12.4 Å². The summed E-state index contributed by atoms with van der Waals surface area (Å²) in [6.07, 6.45) is 0. The largest absolute Gasteiger partial charge is 0.276 e. The van der Waals surface area contributed by atoms with Crippen molar-refractivity contribution < 1.29 is 4.39 Å². The molecule has 1 aromatic carbocycles. The predicted molar refractivity (Wildman–Crippen MR) is 63.0 cm³/mol. The van der Waals surface area contributed by atoms with Crippen LogP contribution in [0.25, 0.3) is 0 Å². The van der Waals surface area contributed by atoms with E-state index in [4.69, 9.17) is 0 Å². The Morgan fingerprint density at radius 1 is 1.50 bits per heavy atom. The van der Waals surface area contributed by atoms with Gasteiger partial charge >= 0.3 is 0 Å². The Morgan fingerprint density at radius 3 is 2.93 bits per heavy atom. The van der Waals surface area contributed by atoms with E-state index in [-0.39, 0.29) is 5.82 Å². The molecule has 0 spiro atoms. The highest BCUT2D eigenvalue weighted by Gasteiger charge is 2.21. The second-order valence-corrected chi connectivity index (χ2v) is 4.96. The van der Waals surface area contributed by atoms with Crippen molar-refractivity contribution in [3.05, 3.63) is 35.6 Å². The third-order valence-electron chi connectivity index (χ3n) is 1.99. The van der Waals surface area contributed by atoms with E-state index in [9.17, 15) is 4.39 Å². The van der Waals surface area contributed by atoms with Gasteiger partial charge in [-0.25, -0.2) is 4.39 Å². The molecular weight excluding hydrogens is 265 g/mol. The number of nitrogens with zero attached hydrogens (tertiary/aromatic N) is 1. The number of aliphatic imine (C=N–C) groups is 1. The van der Waals surface area contributed by atoms with Crippen LogP contribution in [-0.4, -0.2) is 22.2 Å². The Kier molecular flexibility index (Phi) is 3.23. The Hall–Kier alpha value is -0.350. The first-order valence-corrected chi connectivity index (χ1v) is 6.33. The summed E-state index contributed by atoms with van der Waals surface area (Å²) in [5.41, 5.74) is 0.626. The summed E-state index contributed by atoms with van der Waals surface area (Å²) in [6, 6.07) is 6.78. The second kappa shape index (κ2) is 4.45. The van der Waals surface area contributed by atoms with Gasteiger partial charge in [-0.15, -0.1) is 0 Å². The van der Waals surface area contributed by atoms with Crippen LogP contribution in [0.4, 0.5) is 4.39 Å². The Labute approximate surface area is 94.9 Å². The van der Waals surface area contributed by atoms with Crippen molar-refractivity contribution in [2.45, 2.75) is 5.25 Å². The molecule has 1 nitrogen and oxygen atoms in total. The van der Waals surface area contributed by atoms with E-state index >= 15 is 0 Å². The van der Waals surface area contributed by atoms with Crippen molar-refractivity contribution in [2.24, 2.45) is 4.99 Å². The lowest BCUT2D eigenvalue weighted by atomic mass is 10.2. The van der Waals surface area contributed by atoms with E-state index in [0.717, 1.165) is 16.9 Å². The molecule has 1 unspecified atom stereocenters. The van der Waals surface area contributed by atoms with Crippen LogP contribution < -0.4 is 0 Å². The van der Waals surface area contributed by atoms with E-state index in [1.807, 2.05) is 6.07 Å². The quantitative estimate of drug-likeness (QED) is 0.755. The maximum absolute atomic E-state index is 13.4. The molecular formula is C10H9BrFNS. The molecule has 1 aromatic rings. The van der Waals surface area contributed by atoms with Crippen molar-refractivity contribution in [2.75, 3.05) is 11.9 Å². The fraction of sp³-hybridized carbons (Fsp3) is 0.300. The Balaban J connectivity index is 2.22. The van der Waals surface area contributed by atoms with Crippen molar-refractivity contribution in [1.82, 2.24) is 0 Å². The van der Waals surface area contributed by atoms with Crippen LogP contribution in [0.5, 0.6) is 0 Å². The fourth-order valence-corrected chi connectivity index (χ4v) is 2.85. The van der Waals surface area contributed by atoms with Crippen molar-refractivity contribution in [3.63, 3.8) is 0 Å². The van der Waals surface area contributed by atoms with Crippen LogP contribution in [0.15, 0.2) is 29.3 Å². The van der Waals surface area contributed by atoms with Gasteiger partial charge in [-0.2, -0.15) is 0 Å². The van der Waals surface area contributed by atoms with Crippen LogP contribution >= 0.6 is 27.7 Å². The molecule has 0 aliphatic carbocycles. The summed E-state index contributed by atoms with van der Waals surface area (Å²) in [4.78, 5) is 4.33. The van der Waals surface area contributed by atoms with Crippen LogP contribution in [0, 0.1) is 5.82 Å². The Bertz CT molecular complexity index is 367. The van der Waals surface area contributed by atoms with Gasteiger partial charge in [-0.1, -0.05) is 39.8 Å². The van der Waals surface area contributed by atoms with E-state index in [2.05, 4.69) is 20.9 Å². The minimum Gasteiger partial charge on any atom is -0.276 e. The van der Waals surface area contributed by atoms with E-state index in [1.54, 1.807) is 23.9 Å². The lowest BCUT2D eigenvalue weighted by Gasteiger charge is -2.03. The van der Waals surface area contributed by atoms with E-state index < -0.39 is 0 Å². The maximum Gasteiger partial charge on any atom is 0.133 e. The molecule has 0 bridgehead atoms. The van der Waals surface area contributed by atoms with Gasteiger partial charge in [0.15, 0.2) is 0 Å². The zero-order valence-corrected chi connectivity index (χ0v) is 9.81. The van der Waals surface area contributed by atoms with Crippen molar-refractivity contribution in [1.29, 1.82) is 0 Å². The van der Waals surface area contributed by atoms with Crippen molar-refractivity contribution in [3.8, 4) is 0 Å². The zero-order chi connectivity index (χ0) is 9.97. The first-order valence-electron chi connectivity index (χ1n) is 4.33. The normalized spacial score (nSPS) is 21.0. The summed E-state index contributed by atoms with van der Waals surface area (Å²) >= 11 is 5.05. The number of thioether (sulfide) groups is 1. The molecule has 0 N–H and O–H groups in total. The molecule has 1 atom stereocenters. The molecule has 74 valence electrons. The molecule has 0 saturated heterocycles. The summed E-state index contributed by atoms with van der Waals surface area (Å²) in [7, 11) is 0. The molecule has 0 radical (unpaired) electrons. The zero-order valence-electron chi connectivity index (χ0n) is 7.41. The molecule has 1 heterocycles. The SMILES string of the molecule is Fc1ccccc1C1=NCC(CBr)S1. The number of hydrogen-bond donors (Lipinski definition) is 0. The van der Waals surface area contributed by atoms with Crippen molar-refractivity contribution >= 4 is 32.7 Å². The van der Waals surface area contributed by atoms with Crippen LogP contribution in [0.2, 0.25) is 0 Å². The monoisotopic (exact) mass is 273 g/mol. The molecule has 0 saturated carbocycles. The van der Waals surface area contributed by atoms with Gasteiger partial charge in [-0.3, -0.25) is 4.99 Å². The minimum atomic E-state index is -0.186. The first-order chi connectivity index (χ1) is 6.81. The van der Waals surface area contributed by atoms with Gasteiger partial charge in [0.05, 0.1) is 6.54 Å². The highest BCUT2D eigenvalue weighted by molar-refractivity contribution is 9.09. The maximum atomic E-state index is 13.4. The van der Waals surface area contributed by atoms with Crippen LogP contribution in [0.1, 0.15) is 5.56 Å². The van der Waals surface area contributed by atoms with Gasteiger partial charge in [0.2, 0.25) is 0 Å². The van der Waals surface area contributed by atoms with E-state index in [0.29, 0.717) is 10.8 Å². The summed E-state index contributed by atoms with van der Waals surface area (Å²) < 4.78 is 13.4. The average Bonchev–Trinajstić information content (AvgIpc) is 2.67. The number of rotatable bonds is 2. The predicted octanol–water partition coefficient (Wildman–Crippen LogP) is 3.08. The van der Waals surface area contributed by atoms with Gasteiger partial charge in [-0.05, 0) is 12.1 Å². The molecule has 1 aliphatic rings. The molecule has 0 amide bonds. The third-order valence-corrected chi connectivity index (χ3v) is 4.42. The first kappa shape index (κ1) is 10.2. The number of halogens is 2. The standard InChI is InChI=1S/C10H9BrFNS/c11-5-7-6-13-10(14-7)8-3-1-2-4-9(8)12/h1-4,7H,5-6H2. The van der Waals surface area contributed by atoms with Gasteiger partial charge in [0, 0.05) is 16.1 Å². The molecule has 4 heteroatoms. The minimum absolute atomic E-state index is 0.186. The second-order valence-electron chi connectivity index (χ2n) is 3.02. The lowest BCUT2D eigenvalue weighted by molar-refractivity contribution is 0.626. The lowest BCUT2D eigenvalue weighted by Crippen LogP contribution is -2.04. The molecule has 14 heavy (non-hydrogen) atoms.